The first-order chi connectivity index (χ1) is 17.1. The number of sulfonamides is 1. The zero-order chi connectivity index (χ0) is 25.8. The highest BCUT2D eigenvalue weighted by Crippen LogP contribution is 2.33. The predicted molar refractivity (Wildman–Crippen MR) is 130 cm³/mol. The van der Waals surface area contributed by atoms with Crippen LogP contribution in [-0.4, -0.2) is 55.8 Å². The van der Waals surface area contributed by atoms with Crippen molar-refractivity contribution in [1.82, 2.24) is 14.6 Å². The molecule has 1 N–H and O–H groups in total. The van der Waals surface area contributed by atoms with Gasteiger partial charge in [0, 0.05) is 56.7 Å². The van der Waals surface area contributed by atoms with Gasteiger partial charge in [0.1, 0.15) is 0 Å². The Balaban J connectivity index is 1.33. The lowest BCUT2D eigenvalue weighted by Gasteiger charge is -2.35. The number of amides is 1. The topological polar surface area (TPSA) is 82.6 Å². The summed E-state index contributed by atoms with van der Waals surface area (Å²) < 4.78 is 67.0. The maximum absolute atomic E-state index is 13.2. The van der Waals surface area contributed by atoms with Gasteiger partial charge in [0.05, 0.1) is 10.5 Å². The molecule has 0 aliphatic carbocycles. The van der Waals surface area contributed by atoms with Gasteiger partial charge in [-0.05, 0) is 61.9 Å². The van der Waals surface area contributed by atoms with Crippen LogP contribution in [0.1, 0.15) is 44.1 Å². The second-order valence-electron chi connectivity index (χ2n) is 9.43. The molecule has 0 saturated carbocycles. The number of aromatic nitrogens is 1. The van der Waals surface area contributed by atoms with Gasteiger partial charge in [-0.25, -0.2) is 8.42 Å². The molecule has 0 radical (unpaired) electrons. The summed E-state index contributed by atoms with van der Waals surface area (Å²) in [5, 5.41) is 2.96. The van der Waals surface area contributed by atoms with Crippen molar-refractivity contribution < 1.29 is 26.4 Å². The van der Waals surface area contributed by atoms with Crippen molar-refractivity contribution in [3.8, 4) is 0 Å². The van der Waals surface area contributed by atoms with E-state index in [0.29, 0.717) is 31.4 Å². The van der Waals surface area contributed by atoms with Crippen molar-refractivity contribution in [2.45, 2.75) is 55.6 Å². The number of piperidine rings is 2. The number of nitrogens with zero attached hydrogens (tertiary/aromatic N) is 3. The smallest absolute Gasteiger partial charge is 0.371 e. The van der Waals surface area contributed by atoms with Crippen LogP contribution in [0.3, 0.4) is 0 Å². The van der Waals surface area contributed by atoms with Gasteiger partial charge < -0.3 is 10.2 Å². The minimum atomic E-state index is -4.64. The van der Waals surface area contributed by atoms with E-state index in [9.17, 15) is 26.4 Å². The highest BCUT2D eigenvalue weighted by Gasteiger charge is 2.37. The molecule has 11 heteroatoms. The minimum absolute atomic E-state index is 0.00590. The highest BCUT2D eigenvalue weighted by molar-refractivity contribution is 7.89. The average molecular weight is 525 g/mol. The van der Waals surface area contributed by atoms with Gasteiger partial charge >= 0.3 is 6.18 Å². The molecule has 36 heavy (non-hydrogen) atoms. The van der Waals surface area contributed by atoms with Crippen LogP contribution < -0.4 is 10.2 Å². The number of benzene rings is 1. The standard InChI is InChI=1S/C25H31F3N4O3S/c26-25(27,28)20-4-3-6-23(16-20)36(34,35)32-13-2-1-5-22(32)17-24(33)30-18-19-9-14-31(15-10-19)21-7-11-29-12-8-21/h3-4,6-8,11-12,16,19,22H,1-2,5,9-10,13-15,17-18H2,(H,30,33). The number of halogens is 3. The van der Waals surface area contributed by atoms with Crippen molar-refractivity contribution in [3.05, 3.63) is 54.4 Å². The van der Waals surface area contributed by atoms with Gasteiger partial charge in [-0.3, -0.25) is 9.78 Å². The SMILES string of the molecule is O=C(CC1CCCCN1S(=O)(=O)c1cccc(C(F)(F)F)c1)NCC1CCN(c2ccncc2)CC1. The number of pyridine rings is 1. The third-order valence-electron chi connectivity index (χ3n) is 6.99. The molecule has 1 aromatic carbocycles. The van der Waals surface area contributed by atoms with Crippen molar-refractivity contribution >= 4 is 21.6 Å². The summed E-state index contributed by atoms with van der Waals surface area (Å²) in [5.41, 5.74) is 0.122. The summed E-state index contributed by atoms with van der Waals surface area (Å²) in [6, 6.07) is 7.17. The van der Waals surface area contributed by atoms with E-state index in [1.807, 2.05) is 12.1 Å². The van der Waals surface area contributed by atoms with Crippen molar-refractivity contribution in [2.75, 3.05) is 31.1 Å². The average Bonchev–Trinajstić information content (AvgIpc) is 2.88. The van der Waals surface area contributed by atoms with E-state index in [0.717, 1.165) is 50.2 Å². The molecular weight excluding hydrogens is 493 g/mol. The second-order valence-corrected chi connectivity index (χ2v) is 11.3. The fraction of sp³-hybridized carbons (Fsp3) is 0.520. The Kier molecular flexibility index (Phi) is 8.19. The molecule has 2 aromatic rings. The van der Waals surface area contributed by atoms with E-state index in [1.54, 1.807) is 12.4 Å². The van der Waals surface area contributed by atoms with Gasteiger partial charge in [0.2, 0.25) is 15.9 Å². The molecule has 196 valence electrons. The lowest BCUT2D eigenvalue weighted by atomic mass is 9.96. The quantitative estimate of drug-likeness (QED) is 0.591. The number of alkyl halides is 3. The fourth-order valence-electron chi connectivity index (χ4n) is 4.96. The first-order valence-corrected chi connectivity index (χ1v) is 13.7. The Hall–Kier alpha value is -2.66. The lowest BCUT2D eigenvalue weighted by molar-refractivity contribution is -0.137. The van der Waals surface area contributed by atoms with Gasteiger partial charge in [-0.1, -0.05) is 12.5 Å². The Morgan fingerprint density at radius 3 is 2.44 bits per heavy atom. The van der Waals surface area contributed by atoms with Crippen LogP contribution in [0.5, 0.6) is 0 Å². The van der Waals surface area contributed by atoms with Crippen molar-refractivity contribution in [3.63, 3.8) is 0 Å². The Bertz CT molecular complexity index is 1140. The van der Waals surface area contributed by atoms with E-state index < -0.39 is 32.7 Å². The number of rotatable bonds is 7. The minimum Gasteiger partial charge on any atom is -0.371 e. The number of nitrogens with one attached hydrogen (secondary N) is 1. The molecule has 0 bridgehead atoms. The molecule has 1 atom stereocenters. The van der Waals surface area contributed by atoms with Gasteiger partial charge in [-0.2, -0.15) is 17.5 Å². The van der Waals surface area contributed by atoms with E-state index in [2.05, 4.69) is 15.2 Å². The van der Waals surface area contributed by atoms with E-state index in [-0.39, 0.29) is 18.9 Å². The number of hydrogen-bond acceptors (Lipinski definition) is 5. The van der Waals surface area contributed by atoms with Crippen LogP contribution in [-0.2, 0) is 21.0 Å². The van der Waals surface area contributed by atoms with E-state index in [1.165, 1.54) is 10.4 Å². The van der Waals surface area contributed by atoms with Crippen molar-refractivity contribution in [1.29, 1.82) is 0 Å². The molecule has 1 unspecified atom stereocenters. The molecule has 2 fully saturated rings. The van der Waals surface area contributed by atoms with E-state index in [4.69, 9.17) is 0 Å². The number of carbonyl (C=O) groups is 1. The molecular formula is C25H31F3N4O3S. The highest BCUT2D eigenvalue weighted by atomic mass is 32.2. The Morgan fingerprint density at radius 2 is 1.75 bits per heavy atom. The maximum atomic E-state index is 13.2. The summed E-state index contributed by atoms with van der Waals surface area (Å²) in [7, 11) is -4.16. The maximum Gasteiger partial charge on any atom is 0.416 e. The molecule has 4 rings (SSSR count). The van der Waals surface area contributed by atoms with Crippen LogP contribution in [0.25, 0.3) is 0 Å². The first-order valence-electron chi connectivity index (χ1n) is 12.3. The van der Waals surface area contributed by atoms with Crippen LogP contribution in [0.2, 0.25) is 0 Å². The van der Waals surface area contributed by atoms with Gasteiger partial charge in [-0.15, -0.1) is 0 Å². The van der Waals surface area contributed by atoms with Crippen LogP contribution in [0.15, 0.2) is 53.7 Å². The third kappa shape index (κ3) is 6.36. The summed E-state index contributed by atoms with van der Waals surface area (Å²) in [6.45, 7) is 2.48. The summed E-state index contributed by atoms with van der Waals surface area (Å²) in [6.07, 6.45) is 2.62. The van der Waals surface area contributed by atoms with E-state index >= 15 is 0 Å². The largest absolute Gasteiger partial charge is 0.416 e. The molecule has 0 spiro atoms. The molecule has 1 aromatic heterocycles. The first kappa shape index (κ1) is 26.4. The number of anilines is 1. The zero-order valence-electron chi connectivity index (χ0n) is 20.0. The molecule has 2 aliphatic rings. The normalized spacial score (nSPS) is 20.3. The Labute approximate surface area is 209 Å². The van der Waals surface area contributed by atoms with Gasteiger partial charge in [0.25, 0.3) is 0 Å². The van der Waals surface area contributed by atoms with Gasteiger partial charge in [0.15, 0.2) is 0 Å². The van der Waals surface area contributed by atoms with Crippen molar-refractivity contribution in [2.24, 2.45) is 5.92 Å². The molecule has 3 heterocycles. The third-order valence-corrected chi connectivity index (χ3v) is 8.94. The Morgan fingerprint density at radius 1 is 1.03 bits per heavy atom. The summed E-state index contributed by atoms with van der Waals surface area (Å²) >= 11 is 0. The number of carbonyl (C=O) groups excluding carboxylic acids is 1. The molecule has 2 saturated heterocycles. The zero-order valence-corrected chi connectivity index (χ0v) is 20.8. The molecule has 2 aliphatic heterocycles. The predicted octanol–water partition coefficient (Wildman–Crippen LogP) is 4.07. The molecule has 7 nitrogen and oxygen atoms in total. The summed E-state index contributed by atoms with van der Waals surface area (Å²) in [5.74, 6) is 0.103. The number of hydrogen-bond donors (Lipinski definition) is 1. The summed E-state index contributed by atoms with van der Waals surface area (Å²) in [4.78, 5) is 18.7. The second kappa shape index (κ2) is 11.2. The fourth-order valence-corrected chi connectivity index (χ4v) is 6.70. The lowest BCUT2D eigenvalue weighted by Crippen LogP contribution is -2.46. The monoisotopic (exact) mass is 524 g/mol. The van der Waals surface area contributed by atoms with Crippen LogP contribution in [0, 0.1) is 5.92 Å². The van der Waals surface area contributed by atoms with Crippen LogP contribution in [0.4, 0.5) is 18.9 Å². The van der Waals surface area contributed by atoms with Crippen LogP contribution >= 0.6 is 0 Å². The molecule has 1 amide bonds.